The standard InChI is InChI=1S/C5H8N5/c1-2-4-10(3-1)5-6-8-9-7-5/h1-4H2/q+1. The second-order valence-electron chi connectivity index (χ2n) is 2.37. The maximum absolute atomic E-state index is 3.75. The van der Waals surface area contributed by atoms with Crippen molar-refractivity contribution in [3.05, 3.63) is 0 Å². The van der Waals surface area contributed by atoms with Crippen LogP contribution in [0.4, 0.5) is 0 Å². The van der Waals surface area contributed by atoms with Gasteiger partial charge in [-0.3, -0.25) is 4.58 Å². The van der Waals surface area contributed by atoms with Gasteiger partial charge in [0.15, 0.2) is 0 Å². The predicted octanol–water partition coefficient (Wildman–Crippen LogP) is 0.982. The molecule has 2 aliphatic rings. The SMILES string of the molecule is C1CC[N+](=C2N=NN=N2)C1. The monoisotopic (exact) mass is 138 g/mol. The molecule has 0 amide bonds. The van der Waals surface area contributed by atoms with E-state index < -0.39 is 0 Å². The van der Waals surface area contributed by atoms with Crippen LogP contribution in [-0.4, -0.2) is 23.6 Å². The molecule has 10 heavy (non-hydrogen) atoms. The van der Waals surface area contributed by atoms with Crippen LogP contribution in [0.15, 0.2) is 20.7 Å². The van der Waals surface area contributed by atoms with Crippen molar-refractivity contribution in [2.24, 2.45) is 20.7 Å². The van der Waals surface area contributed by atoms with E-state index in [1.807, 2.05) is 0 Å². The van der Waals surface area contributed by atoms with Gasteiger partial charge in [-0.1, -0.05) is 0 Å². The highest BCUT2D eigenvalue weighted by atomic mass is 15.6. The summed E-state index contributed by atoms with van der Waals surface area (Å²) in [4.78, 5) is 0. The molecule has 1 saturated heterocycles. The van der Waals surface area contributed by atoms with Crippen LogP contribution in [0.5, 0.6) is 0 Å². The van der Waals surface area contributed by atoms with Crippen molar-refractivity contribution < 1.29 is 4.58 Å². The third-order valence-corrected chi connectivity index (χ3v) is 1.70. The highest BCUT2D eigenvalue weighted by Crippen LogP contribution is 2.06. The molecule has 52 valence electrons. The zero-order chi connectivity index (χ0) is 6.81. The topological polar surface area (TPSA) is 52.4 Å². The Kier molecular flexibility index (Phi) is 1.26. The minimum atomic E-state index is 0.678. The maximum atomic E-state index is 3.75. The number of hydrogen-bond acceptors (Lipinski definition) is 2. The molecular weight excluding hydrogens is 130 g/mol. The van der Waals surface area contributed by atoms with Gasteiger partial charge < -0.3 is 0 Å². The third-order valence-electron chi connectivity index (χ3n) is 1.70. The summed E-state index contributed by atoms with van der Waals surface area (Å²) in [5, 5.41) is 14.3. The average molecular weight is 138 g/mol. The molecule has 2 heterocycles. The van der Waals surface area contributed by atoms with Crippen molar-refractivity contribution in [1.29, 1.82) is 0 Å². The molecule has 0 bridgehead atoms. The Hall–Kier alpha value is -1.13. The smallest absolute Gasteiger partial charge is 0.255 e. The first-order valence-electron chi connectivity index (χ1n) is 3.40. The second kappa shape index (κ2) is 2.24. The van der Waals surface area contributed by atoms with Crippen molar-refractivity contribution >= 4 is 5.96 Å². The lowest BCUT2D eigenvalue weighted by atomic mass is 10.4. The summed E-state index contributed by atoms with van der Waals surface area (Å²) < 4.78 is 2.10. The Labute approximate surface area is 58.2 Å². The average Bonchev–Trinajstić information content (AvgIpc) is 2.59. The van der Waals surface area contributed by atoms with E-state index in [-0.39, 0.29) is 0 Å². The largest absolute Gasteiger partial charge is 0.476 e. The molecule has 0 N–H and O–H groups in total. The van der Waals surface area contributed by atoms with Crippen LogP contribution in [0.1, 0.15) is 12.8 Å². The van der Waals surface area contributed by atoms with Gasteiger partial charge in [0.05, 0.1) is 33.8 Å². The Bertz CT molecular complexity index is 204. The van der Waals surface area contributed by atoms with E-state index >= 15 is 0 Å². The Morgan fingerprint density at radius 1 is 1.00 bits per heavy atom. The maximum Gasteiger partial charge on any atom is 0.476 e. The van der Waals surface area contributed by atoms with Gasteiger partial charge >= 0.3 is 5.96 Å². The summed E-state index contributed by atoms with van der Waals surface area (Å²) >= 11 is 0. The van der Waals surface area contributed by atoms with Crippen molar-refractivity contribution in [3.8, 4) is 0 Å². The fourth-order valence-electron chi connectivity index (χ4n) is 1.18. The highest BCUT2D eigenvalue weighted by molar-refractivity contribution is 5.76. The first kappa shape index (κ1) is 5.64. The number of guanidine groups is 1. The van der Waals surface area contributed by atoms with Gasteiger partial charge in [-0.05, 0) is 12.8 Å². The molecule has 0 aromatic heterocycles. The zero-order valence-electron chi connectivity index (χ0n) is 5.56. The molecule has 0 aliphatic carbocycles. The van der Waals surface area contributed by atoms with Crippen molar-refractivity contribution in [1.82, 2.24) is 0 Å². The van der Waals surface area contributed by atoms with Crippen LogP contribution in [-0.2, 0) is 0 Å². The van der Waals surface area contributed by atoms with E-state index in [2.05, 4.69) is 25.3 Å². The quantitative estimate of drug-likeness (QED) is 0.448. The fourth-order valence-corrected chi connectivity index (χ4v) is 1.18. The number of nitrogens with zero attached hydrogens (tertiary/aromatic N) is 5. The van der Waals surface area contributed by atoms with Gasteiger partial charge in [-0.25, -0.2) is 0 Å². The predicted molar refractivity (Wildman–Crippen MR) is 33.9 cm³/mol. The van der Waals surface area contributed by atoms with Gasteiger partial charge in [0.25, 0.3) is 0 Å². The lowest BCUT2D eigenvalue weighted by Gasteiger charge is -1.89. The van der Waals surface area contributed by atoms with E-state index in [1.165, 1.54) is 12.8 Å². The Morgan fingerprint density at radius 2 is 1.60 bits per heavy atom. The summed E-state index contributed by atoms with van der Waals surface area (Å²) in [6, 6.07) is 0. The minimum absolute atomic E-state index is 0.678. The highest BCUT2D eigenvalue weighted by Gasteiger charge is 2.21. The summed E-state index contributed by atoms with van der Waals surface area (Å²) in [5.41, 5.74) is 0. The van der Waals surface area contributed by atoms with Crippen LogP contribution >= 0.6 is 0 Å². The Balaban J connectivity index is 2.26. The second-order valence-corrected chi connectivity index (χ2v) is 2.37. The van der Waals surface area contributed by atoms with Crippen molar-refractivity contribution in [2.45, 2.75) is 12.8 Å². The summed E-state index contributed by atoms with van der Waals surface area (Å²) in [5.74, 6) is 0.678. The zero-order valence-corrected chi connectivity index (χ0v) is 5.56. The molecule has 0 unspecified atom stereocenters. The molecule has 0 aromatic rings. The first-order chi connectivity index (χ1) is 4.97. The van der Waals surface area contributed by atoms with Crippen molar-refractivity contribution in [2.75, 3.05) is 13.1 Å². The molecule has 0 radical (unpaired) electrons. The molecule has 0 saturated carbocycles. The lowest BCUT2D eigenvalue weighted by Crippen LogP contribution is -2.12. The Morgan fingerprint density at radius 3 is 2.20 bits per heavy atom. The van der Waals surface area contributed by atoms with E-state index in [0.717, 1.165) is 13.1 Å². The van der Waals surface area contributed by atoms with Crippen LogP contribution in [0.25, 0.3) is 0 Å². The third kappa shape index (κ3) is 0.832. The molecule has 2 rings (SSSR count). The first-order valence-corrected chi connectivity index (χ1v) is 3.40. The molecule has 0 atom stereocenters. The normalized spacial score (nSPS) is 23.2. The van der Waals surface area contributed by atoms with Crippen LogP contribution in [0.2, 0.25) is 0 Å². The lowest BCUT2D eigenvalue weighted by molar-refractivity contribution is -0.507. The summed E-state index contributed by atoms with van der Waals surface area (Å²) in [6.45, 7) is 2.10. The van der Waals surface area contributed by atoms with Crippen molar-refractivity contribution in [3.63, 3.8) is 0 Å². The summed E-state index contributed by atoms with van der Waals surface area (Å²) in [7, 11) is 0. The van der Waals surface area contributed by atoms with Gasteiger partial charge in [0, 0.05) is 0 Å². The van der Waals surface area contributed by atoms with E-state index in [9.17, 15) is 0 Å². The fraction of sp³-hybridized carbons (Fsp3) is 0.800. The molecular formula is C5H8N5+. The van der Waals surface area contributed by atoms with Gasteiger partial charge in [0.2, 0.25) is 0 Å². The minimum Gasteiger partial charge on any atom is -0.255 e. The van der Waals surface area contributed by atoms with Gasteiger partial charge in [-0.15, -0.1) is 0 Å². The van der Waals surface area contributed by atoms with Crippen LogP contribution in [0, 0.1) is 0 Å². The molecule has 0 spiro atoms. The molecule has 5 nitrogen and oxygen atoms in total. The molecule has 2 aliphatic heterocycles. The number of rotatable bonds is 0. The van der Waals surface area contributed by atoms with E-state index in [0.29, 0.717) is 5.96 Å². The molecule has 0 aromatic carbocycles. The summed E-state index contributed by atoms with van der Waals surface area (Å²) in [6.07, 6.45) is 2.46. The van der Waals surface area contributed by atoms with Gasteiger partial charge in [0.1, 0.15) is 0 Å². The van der Waals surface area contributed by atoms with E-state index in [4.69, 9.17) is 0 Å². The number of hydrogen-bond donors (Lipinski definition) is 0. The van der Waals surface area contributed by atoms with Crippen LogP contribution in [0.3, 0.4) is 0 Å². The van der Waals surface area contributed by atoms with Gasteiger partial charge in [-0.2, -0.15) is 0 Å². The van der Waals surface area contributed by atoms with E-state index in [1.54, 1.807) is 0 Å². The van der Waals surface area contributed by atoms with Crippen LogP contribution < -0.4 is 0 Å². The molecule has 5 heteroatoms. The molecule has 1 fully saturated rings.